The molecule has 7 heteroatoms. The summed E-state index contributed by atoms with van der Waals surface area (Å²) in [5.74, 6) is 2.46. The Hall–Kier alpha value is -3.22. The zero-order valence-corrected chi connectivity index (χ0v) is 16.5. The molecule has 148 valence electrons. The van der Waals surface area contributed by atoms with Gasteiger partial charge in [-0.05, 0) is 24.3 Å². The van der Waals surface area contributed by atoms with Crippen molar-refractivity contribution in [3.8, 4) is 22.8 Å². The van der Waals surface area contributed by atoms with E-state index in [1.807, 2.05) is 38.1 Å². The first-order valence-corrected chi connectivity index (χ1v) is 9.01. The van der Waals surface area contributed by atoms with Crippen molar-refractivity contribution < 1.29 is 23.2 Å². The number of hydrogen-bond donors (Lipinski definition) is 0. The van der Waals surface area contributed by atoms with Gasteiger partial charge in [-0.1, -0.05) is 19.0 Å². The minimum absolute atomic E-state index is 0.0166. The standard InChI is InChI=1S/C21H24N2O5/c1-14(2)21(24)23(13-17-6-5-9-27-17)12-15-10-20(28-22-15)18-8-7-16(25-3)11-19(18)26-4/h5-11,14H,12-13H2,1-4H3. The summed E-state index contributed by atoms with van der Waals surface area (Å²) in [5.41, 5.74) is 1.41. The molecule has 0 spiro atoms. The number of hydrogen-bond acceptors (Lipinski definition) is 6. The largest absolute Gasteiger partial charge is 0.497 e. The first-order chi connectivity index (χ1) is 13.5. The molecule has 0 bridgehead atoms. The van der Waals surface area contributed by atoms with Crippen LogP contribution in [0.15, 0.2) is 51.6 Å². The van der Waals surface area contributed by atoms with Crippen LogP contribution in [0, 0.1) is 5.92 Å². The van der Waals surface area contributed by atoms with Crippen molar-refractivity contribution in [3.63, 3.8) is 0 Å². The molecule has 1 aromatic carbocycles. The number of aromatic nitrogens is 1. The molecule has 28 heavy (non-hydrogen) atoms. The van der Waals surface area contributed by atoms with Gasteiger partial charge in [0, 0.05) is 18.1 Å². The fraction of sp³-hybridized carbons (Fsp3) is 0.333. The van der Waals surface area contributed by atoms with Crippen LogP contribution in [-0.4, -0.2) is 30.2 Å². The van der Waals surface area contributed by atoms with Gasteiger partial charge in [0.25, 0.3) is 0 Å². The molecule has 0 aliphatic rings. The number of rotatable bonds is 8. The van der Waals surface area contributed by atoms with Gasteiger partial charge in [-0.15, -0.1) is 0 Å². The maximum absolute atomic E-state index is 12.6. The number of carbonyl (C=O) groups is 1. The molecule has 1 amide bonds. The minimum Gasteiger partial charge on any atom is -0.497 e. The van der Waals surface area contributed by atoms with Gasteiger partial charge >= 0.3 is 0 Å². The number of ether oxygens (including phenoxy) is 2. The molecule has 3 rings (SSSR count). The Kier molecular flexibility index (Phi) is 6.03. The van der Waals surface area contributed by atoms with Crippen molar-refractivity contribution >= 4 is 5.91 Å². The van der Waals surface area contributed by atoms with E-state index < -0.39 is 0 Å². The normalized spacial score (nSPS) is 10.9. The first-order valence-electron chi connectivity index (χ1n) is 9.01. The molecule has 7 nitrogen and oxygen atoms in total. The van der Waals surface area contributed by atoms with E-state index in [1.165, 1.54) is 0 Å². The highest BCUT2D eigenvalue weighted by molar-refractivity contribution is 5.78. The lowest BCUT2D eigenvalue weighted by molar-refractivity contribution is -0.136. The van der Waals surface area contributed by atoms with Gasteiger partial charge in [-0.2, -0.15) is 0 Å². The molecule has 0 unspecified atom stereocenters. The highest BCUT2D eigenvalue weighted by Crippen LogP contribution is 2.33. The lowest BCUT2D eigenvalue weighted by Crippen LogP contribution is -2.33. The number of furan rings is 1. The molecule has 2 aromatic heterocycles. The molecule has 3 aromatic rings. The van der Waals surface area contributed by atoms with Crippen LogP contribution in [-0.2, 0) is 17.9 Å². The maximum atomic E-state index is 12.6. The van der Waals surface area contributed by atoms with E-state index in [1.54, 1.807) is 37.5 Å². The van der Waals surface area contributed by atoms with Gasteiger partial charge in [-0.3, -0.25) is 4.79 Å². The van der Waals surface area contributed by atoms with Crippen LogP contribution in [0.1, 0.15) is 25.3 Å². The quantitative estimate of drug-likeness (QED) is 0.581. The molecular formula is C21H24N2O5. The van der Waals surface area contributed by atoms with Gasteiger partial charge in [0.05, 0.1) is 39.1 Å². The average molecular weight is 384 g/mol. The Bertz CT molecular complexity index is 915. The van der Waals surface area contributed by atoms with E-state index >= 15 is 0 Å². The molecule has 0 radical (unpaired) electrons. The average Bonchev–Trinajstić information content (AvgIpc) is 3.38. The van der Waals surface area contributed by atoms with Crippen molar-refractivity contribution in [1.82, 2.24) is 10.1 Å². The predicted octanol–water partition coefficient (Wildman–Crippen LogP) is 4.14. The van der Waals surface area contributed by atoms with Crippen molar-refractivity contribution in [2.75, 3.05) is 14.2 Å². The summed E-state index contributed by atoms with van der Waals surface area (Å²) in [4.78, 5) is 14.3. The Morgan fingerprint density at radius 1 is 1.14 bits per heavy atom. The van der Waals surface area contributed by atoms with Crippen LogP contribution in [0.25, 0.3) is 11.3 Å². The summed E-state index contributed by atoms with van der Waals surface area (Å²) in [6, 6.07) is 10.9. The van der Waals surface area contributed by atoms with Crippen LogP contribution in [0.3, 0.4) is 0 Å². The minimum atomic E-state index is -0.136. The number of nitrogens with zero attached hydrogens (tertiary/aromatic N) is 2. The summed E-state index contributed by atoms with van der Waals surface area (Å²) >= 11 is 0. The number of carbonyl (C=O) groups excluding carboxylic acids is 1. The maximum Gasteiger partial charge on any atom is 0.225 e. The molecule has 0 N–H and O–H groups in total. The Morgan fingerprint density at radius 2 is 1.96 bits per heavy atom. The fourth-order valence-corrected chi connectivity index (χ4v) is 2.88. The topological polar surface area (TPSA) is 77.9 Å². The highest BCUT2D eigenvalue weighted by atomic mass is 16.5. The summed E-state index contributed by atoms with van der Waals surface area (Å²) < 4.78 is 21.6. The van der Waals surface area contributed by atoms with Gasteiger partial charge < -0.3 is 23.3 Å². The van der Waals surface area contributed by atoms with Crippen LogP contribution >= 0.6 is 0 Å². The van der Waals surface area contributed by atoms with Crippen molar-refractivity contribution in [2.24, 2.45) is 5.92 Å². The third-order valence-corrected chi connectivity index (χ3v) is 4.32. The van der Waals surface area contributed by atoms with E-state index in [0.717, 1.165) is 11.3 Å². The van der Waals surface area contributed by atoms with Gasteiger partial charge in [0.15, 0.2) is 5.76 Å². The first kappa shape index (κ1) is 19.5. The van der Waals surface area contributed by atoms with Crippen molar-refractivity contribution in [2.45, 2.75) is 26.9 Å². The SMILES string of the molecule is COc1ccc(-c2cc(CN(Cc3ccco3)C(=O)C(C)C)no2)c(OC)c1. The zero-order chi connectivity index (χ0) is 20.1. The summed E-state index contributed by atoms with van der Waals surface area (Å²) in [7, 11) is 3.18. The lowest BCUT2D eigenvalue weighted by Gasteiger charge is -2.22. The predicted molar refractivity (Wildman–Crippen MR) is 103 cm³/mol. The second kappa shape index (κ2) is 8.65. The van der Waals surface area contributed by atoms with E-state index in [4.69, 9.17) is 18.4 Å². The van der Waals surface area contributed by atoms with Gasteiger partial charge in [0.2, 0.25) is 5.91 Å². The summed E-state index contributed by atoms with van der Waals surface area (Å²) in [6.07, 6.45) is 1.59. The van der Waals surface area contributed by atoms with Crippen molar-refractivity contribution in [1.29, 1.82) is 0 Å². The Labute approximate surface area is 163 Å². The fourth-order valence-electron chi connectivity index (χ4n) is 2.88. The smallest absolute Gasteiger partial charge is 0.225 e. The third kappa shape index (κ3) is 4.36. The number of benzene rings is 1. The second-order valence-corrected chi connectivity index (χ2v) is 6.68. The van der Waals surface area contributed by atoms with Crippen LogP contribution in [0.5, 0.6) is 11.5 Å². The lowest BCUT2D eigenvalue weighted by atomic mass is 10.1. The van der Waals surface area contributed by atoms with E-state index in [0.29, 0.717) is 36.0 Å². The Balaban J connectivity index is 1.82. The van der Waals surface area contributed by atoms with E-state index in [9.17, 15) is 4.79 Å². The molecular weight excluding hydrogens is 360 g/mol. The monoisotopic (exact) mass is 384 g/mol. The zero-order valence-electron chi connectivity index (χ0n) is 16.5. The van der Waals surface area contributed by atoms with Gasteiger partial charge in [-0.25, -0.2) is 0 Å². The highest BCUT2D eigenvalue weighted by Gasteiger charge is 2.21. The Morgan fingerprint density at radius 3 is 2.61 bits per heavy atom. The van der Waals surface area contributed by atoms with Gasteiger partial charge in [0.1, 0.15) is 23.0 Å². The molecule has 0 aliphatic heterocycles. The number of methoxy groups -OCH3 is 2. The molecule has 0 atom stereocenters. The van der Waals surface area contributed by atoms with Crippen LogP contribution < -0.4 is 9.47 Å². The van der Waals surface area contributed by atoms with Crippen LogP contribution in [0.4, 0.5) is 0 Å². The summed E-state index contributed by atoms with van der Waals surface area (Å²) in [6.45, 7) is 4.43. The molecule has 0 saturated heterocycles. The molecule has 0 saturated carbocycles. The second-order valence-electron chi connectivity index (χ2n) is 6.68. The van der Waals surface area contributed by atoms with Crippen LogP contribution in [0.2, 0.25) is 0 Å². The third-order valence-electron chi connectivity index (χ3n) is 4.32. The number of amides is 1. The van der Waals surface area contributed by atoms with Crippen molar-refractivity contribution in [3.05, 3.63) is 54.1 Å². The molecule has 0 aliphatic carbocycles. The molecule has 2 heterocycles. The van der Waals surface area contributed by atoms with E-state index in [2.05, 4.69) is 5.16 Å². The van der Waals surface area contributed by atoms with E-state index in [-0.39, 0.29) is 11.8 Å². The molecule has 0 fully saturated rings. The summed E-state index contributed by atoms with van der Waals surface area (Å²) in [5, 5.41) is 4.14.